The van der Waals surface area contributed by atoms with Crippen LogP contribution in [0, 0.1) is 23.0 Å². The van der Waals surface area contributed by atoms with Gasteiger partial charge in [-0.05, 0) is 25.3 Å². The fourth-order valence-electron chi connectivity index (χ4n) is 2.60. The van der Waals surface area contributed by atoms with Crippen molar-refractivity contribution in [2.24, 2.45) is 5.92 Å². The Morgan fingerprint density at radius 2 is 2.26 bits per heavy atom. The topological polar surface area (TPSA) is 88.3 Å². The van der Waals surface area contributed by atoms with Gasteiger partial charge < -0.3 is 10.4 Å². The van der Waals surface area contributed by atoms with Crippen LogP contribution in [0.3, 0.4) is 0 Å². The molecule has 0 saturated heterocycles. The maximum Gasteiger partial charge on any atom is 0.311 e. The SMILES string of the molecule is Cc1cnc(NC2CCCCC2CO)c([N+](=O)[O-])c1. The lowest BCUT2D eigenvalue weighted by Crippen LogP contribution is -2.34. The van der Waals surface area contributed by atoms with Crippen molar-refractivity contribution < 1.29 is 10.0 Å². The van der Waals surface area contributed by atoms with Crippen LogP contribution in [0.15, 0.2) is 12.3 Å². The van der Waals surface area contributed by atoms with Crippen LogP contribution in [-0.2, 0) is 0 Å². The van der Waals surface area contributed by atoms with Gasteiger partial charge in [0.15, 0.2) is 0 Å². The van der Waals surface area contributed by atoms with Crippen LogP contribution in [0.5, 0.6) is 0 Å². The lowest BCUT2D eigenvalue weighted by Gasteiger charge is -2.31. The van der Waals surface area contributed by atoms with Crippen LogP contribution >= 0.6 is 0 Å². The number of nitrogens with zero attached hydrogens (tertiary/aromatic N) is 2. The summed E-state index contributed by atoms with van der Waals surface area (Å²) in [6, 6.07) is 1.58. The summed E-state index contributed by atoms with van der Waals surface area (Å²) in [5.74, 6) is 0.456. The molecule has 0 bridgehead atoms. The van der Waals surface area contributed by atoms with Crippen LogP contribution in [0.4, 0.5) is 11.5 Å². The van der Waals surface area contributed by atoms with Gasteiger partial charge in [-0.15, -0.1) is 0 Å². The maximum absolute atomic E-state index is 11.0. The molecule has 0 aromatic carbocycles. The van der Waals surface area contributed by atoms with Crippen molar-refractivity contribution in [3.63, 3.8) is 0 Å². The standard InChI is InChI=1S/C13H19N3O3/c1-9-6-12(16(18)19)13(14-7-9)15-11-5-3-2-4-10(11)8-17/h6-7,10-11,17H,2-5,8H2,1H3,(H,14,15). The van der Waals surface area contributed by atoms with Gasteiger partial charge in [0.2, 0.25) is 5.82 Å². The fraction of sp³-hybridized carbons (Fsp3) is 0.615. The molecule has 1 aromatic rings. The second-order valence-corrected chi connectivity index (χ2v) is 5.12. The molecule has 0 spiro atoms. The Labute approximate surface area is 112 Å². The monoisotopic (exact) mass is 265 g/mol. The first kappa shape index (κ1) is 13.7. The summed E-state index contributed by atoms with van der Waals surface area (Å²) < 4.78 is 0. The van der Waals surface area contributed by atoms with E-state index in [1.165, 1.54) is 6.07 Å². The first-order valence-electron chi connectivity index (χ1n) is 6.60. The molecule has 0 aliphatic heterocycles. The Morgan fingerprint density at radius 3 is 2.95 bits per heavy atom. The summed E-state index contributed by atoms with van der Waals surface area (Å²) >= 11 is 0. The third-order valence-corrected chi connectivity index (χ3v) is 3.67. The molecular formula is C13H19N3O3. The van der Waals surface area contributed by atoms with Gasteiger partial charge in [0.05, 0.1) is 4.92 Å². The summed E-state index contributed by atoms with van der Waals surface area (Å²) in [4.78, 5) is 14.8. The summed E-state index contributed by atoms with van der Waals surface area (Å²) in [6.07, 6.45) is 5.67. The van der Waals surface area contributed by atoms with Crippen molar-refractivity contribution in [2.45, 2.75) is 38.6 Å². The fourth-order valence-corrected chi connectivity index (χ4v) is 2.60. The number of aliphatic hydroxyl groups excluding tert-OH is 1. The zero-order valence-electron chi connectivity index (χ0n) is 11.0. The highest BCUT2D eigenvalue weighted by atomic mass is 16.6. The Bertz CT molecular complexity index is 464. The number of nitrogens with one attached hydrogen (secondary N) is 1. The zero-order valence-corrected chi connectivity index (χ0v) is 11.0. The second kappa shape index (κ2) is 5.97. The summed E-state index contributed by atoms with van der Waals surface area (Å²) in [6.45, 7) is 1.89. The minimum absolute atomic E-state index is 0.00210. The van der Waals surface area contributed by atoms with E-state index in [-0.39, 0.29) is 24.3 Å². The van der Waals surface area contributed by atoms with Gasteiger partial charge in [0.1, 0.15) is 0 Å². The van der Waals surface area contributed by atoms with E-state index in [1.807, 2.05) is 0 Å². The molecule has 1 fully saturated rings. The summed E-state index contributed by atoms with van der Waals surface area (Å²) in [5.41, 5.74) is 0.766. The van der Waals surface area contributed by atoms with Crippen molar-refractivity contribution in [1.82, 2.24) is 4.98 Å². The second-order valence-electron chi connectivity index (χ2n) is 5.12. The lowest BCUT2D eigenvalue weighted by atomic mass is 9.85. The smallest absolute Gasteiger partial charge is 0.311 e. The van der Waals surface area contributed by atoms with Gasteiger partial charge in [-0.2, -0.15) is 0 Å². The molecule has 2 N–H and O–H groups in total. The van der Waals surface area contributed by atoms with E-state index in [0.29, 0.717) is 5.82 Å². The zero-order chi connectivity index (χ0) is 13.8. The Hall–Kier alpha value is -1.69. The number of rotatable bonds is 4. The number of hydrogen-bond acceptors (Lipinski definition) is 5. The van der Waals surface area contributed by atoms with E-state index in [1.54, 1.807) is 13.1 Å². The molecule has 104 valence electrons. The number of aliphatic hydroxyl groups is 1. The van der Waals surface area contributed by atoms with Crippen molar-refractivity contribution in [3.8, 4) is 0 Å². The Morgan fingerprint density at radius 1 is 1.53 bits per heavy atom. The van der Waals surface area contributed by atoms with Crippen LogP contribution in [0.25, 0.3) is 0 Å². The quantitative estimate of drug-likeness (QED) is 0.644. The van der Waals surface area contributed by atoms with Gasteiger partial charge in [-0.3, -0.25) is 10.1 Å². The first-order valence-corrected chi connectivity index (χ1v) is 6.60. The highest BCUT2D eigenvalue weighted by Crippen LogP contribution is 2.30. The van der Waals surface area contributed by atoms with Gasteiger partial charge in [-0.25, -0.2) is 4.98 Å². The molecule has 1 aliphatic carbocycles. The van der Waals surface area contributed by atoms with Crippen molar-refractivity contribution in [2.75, 3.05) is 11.9 Å². The Balaban J connectivity index is 2.20. The van der Waals surface area contributed by atoms with E-state index >= 15 is 0 Å². The van der Waals surface area contributed by atoms with Crippen LogP contribution in [0.1, 0.15) is 31.2 Å². The molecule has 1 saturated carbocycles. The number of pyridine rings is 1. The molecule has 2 atom stereocenters. The number of hydrogen-bond donors (Lipinski definition) is 2. The van der Waals surface area contributed by atoms with E-state index < -0.39 is 4.92 Å². The Kier molecular flexibility index (Phi) is 4.31. The van der Waals surface area contributed by atoms with E-state index in [0.717, 1.165) is 31.2 Å². The van der Waals surface area contributed by atoms with Crippen molar-refractivity contribution >= 4 is 11.5 Å². The minimum Gasteiger partial charge on any atom is -0.396 e. The van der Waals surface area contributed by atoms with Crippen molar-refractivity contribution in [1.29, 1.82) is 0 Å². The van der Waals surface area contributed by atoms with Gasteiger partial charge in [-0.1, -0.05) is 12.8 Å². The minimum atomic E-state index is -0.418. The highest BCUT2D eigenvalue weighted by molar-refractivity contribution is 5.57. The molecule has 6 heteroatoms. The van der Waals surface area contributed by atoms with Gasteiger partial charge >= 0.3 is 5.69 Å². The normalized spacial score (nSPS) is 23.1. The predicted molar refractivity (Wildman–Crippen MR) is 72.1 cm³/mol. The third-order valence-electron chi connectivity index (χ3n) is 3.67. The summed E-state index contributed by atoms with van der Waals surface area (Å²) in [5, 5.41) is 23.6. The van der Waals surface area contributed by atoms with E-state index in [9.17, 15) is 15.2 Å². The van der Waals surface area contributed by atoms with Gasteiger partial charge in [0.25, 0.3) is 0 Å². The third kappa shape index (κ3) is 3.20. The molecular weight excluding hydrogens is 246 g/mol. The van der Waals surface area contributed by atoms with Crippen molar-refractivity contribution in [3.05, 3.63) is 27.9 Å². The highest BCUT2D eigenvalue weighted by Gasteiger charge is 2.27. The first-order chi connectivity index (χ1) is 9.11. The number of aromatic nitrogens is 1. The molecule has 0 amide bonds. The molecule has 6 nitrogen and oxygen atoms in total. The van der Waals surface area contributed by atoms with E-state index in [2.05, 4.69) is 10.3 Å². The van der Waals surface area contributed by atoms with Crippen LogP contribution in [-0.4, -0.2) is 27.7 Å². The number of nitro groups is 1. The lowest BCUT2D eigenvalue weighted by molar-refractivity contribution is -0.384. The van der Waals surface area contributed by atoms with Crippen LogP contribution < -0.4 is 5.32 Å². The molecule has 0 radical (unpaired) electrons. The molecule has 1 aliphatic rings. The molecule has 2 rings (SSSR count). The predicted octanol–water partition coefficient (Wildman–Crippen LogP) is 2.26. The maximum atomic E-state index is 11.0. The molecule has 19 heavy (non-hydrogen) atoms. The average molecular weight is 265 g/mol. The number of aryl methyl sites for hydroxylation is 1. The molecule has 1 aromatic heterocycles. The van der Waals surface area contributed by atoms with Crippen LogP contribution in [0.2, 0.25) is 0 Å². The molecule has 1 heterocycles. The van der Waals surface area contributed by atoms with Gasteiger partial charge in [0, 0.05) is 30.8 Å². The molecule has 2 unspecified atom stereocenters. The largest absolute Gasteiger partial charge is 0.396 e. The average Bonchev–Trinajstić information content (AvgIpc) is 2.41. The summed E-state index contributed by atoms with van der Waals surface area (Å²) in [7, 11) is 0. The van der Waals surface area contributed by atoms with E-state index in [4.69, 9.17) is 0 Å². The number of anilines is 1.